The smallest absolute Gasteiger partial charge is 0.243 e. The summed E-state index contributed by atoms with van der Waals surface area (Å²) in [5.74, 6) is 0.362. The summed E-state index contributed by atoms with van der Waals surface area (Å²) >= 11 is 0. The fraction of sp³-hybridized carbons (Fsp3) is 0.450. The molecule has 1 fully saturated rings. The van der Waals surface area contributed by atoms with E-state index in [-0.39, 0.29) is 17.9 Å². The number of anilines is 1. The number of aryl methyl sites for hydroxylation is 2. The number of nitrogens with one attached hydrogen (secondary N) is 1. The number of hydrogen-bond donors (Lipinski definition) is 1. The van der Waals surface area contributed by atoms with Crippen molar-refractivity contribution in [3.63, 3.8) is 0 Å². The standard InChI is InChI=1S/C20H26N4O3/c1-14-6-4-5-7-17(14)13-19(25)24-10-8-23(9-11-24)16(3)20(26)21-18-12-15(2)22-27-18/h4-7,12,16H,8-11,13H2,1-3H3,(H,21,26). The van der Waals surface area contributed by atoms with Crippen molar-refractivity contribution < 1.29 is 14.1 Å². The molecule has 2 heterocycles. The molecular weight excluding hydrogens is 344 g/mol. The van der Waals surface area contributed by atoms with Crippen molar-refractivity contribution in [2.45, 2.75) is 33.2 Å². The van der Waals surface area contributed by atoms with Crippen molar-refractivity contribution in [3.8, 4) is 0 Å². The summed E-state index contributed by atoms with van der Waals surface area (Å²) in [7, 11) is 0. The lowest BCUT2D eigenvalue weighted by atomic mass is 10.1. The van der Waals surface area contributed by atoms with Gasteiger partial charge in [0.15, 0.2) is 0 Å². The van der Waals surface area contributed by atoms with E-state index in [1.165, 1.54) is 0 Å². The molecule has 0 radical (unpaired) electrons. The number of piperazine rings is 1. The molecule has 2 amide bonds. The summed E-state index contributed by atoms with van der Waals surface area (Å²) in [4.78, 5) is 28.9. The zero-order chi connectivity index (χ0) is 19.4. The Morgan fingerprint density at radius 2 is 1.89 bits per heavy atom. The second-order valence-corrected chi connectivity index (χ2v) is 7.02. The van der Waals surface area contributed by atoms with Gasteiger partial charge < -0.3 is 9.42 Å². The number of amides is 2. The van der Waals surface area contributed by atoms with Gasteiger partial charge in [0.05, 0.1) is 18.2 Å². The van der Waals surface area contributed by atoms with Gasteiger partial charge in [-0.15, -0.1) is 0 Å². The quantitative estimate of drug-likeness (QED) is 0.871. The zero-order valence-corrected chi connectivity index (χ0v) is 16.1. The summed E-state index contributed by atoms with van der Waals surface area (Å²) in [6.07, 6.45) is 0.424. The van der Waals surface area contributed by atoms with Crippen LogP contribution in [-0.2, 0) is 16.0 Å². The van der Waals surface area contributed by atoms with Crippen molar-refractivity contribution in [2.75, 3.05) is 31.5 Å². The van der Waals surface area contributed by atoms with E-state index in [0.29, 0.717) is 38.5 Å². The molecule has 144 valence electrons. The largest absolute Gasteiger partial charge is 0.340 e. The monoisotopic (exact) mass is 370 g/mol. The lowest BCUT2D eigenvalue weighted by Crippen LogP contribution is -2.54. The molecule has 7 heteroatoms. The van der Waals surface area contributed by atoms with Crippen molar-refractivity contribution in [2.24, 2.45) is 0 Å². The molecule has 0 saturated carbocycles. The van der Waals surface area contributed by atoms with Crippen LogP contribution in [0.4, 0.5) is 5.88 Å². The highest BCUT2D eigenvalue weighted by atomic mass is 16.5. The highest BCUT2D eigenvalue weighted by Gasteiger charge is 2.28. The molecule has 7 nitrogen and oxygen atoms in total. The summed E-state index contributed by atoms with van der Waals surface area (Å²) in [5, 5.41) is 6.51. The average Bonchev–Trinajstić information content (AvgIpc) is 3.07. The van der Waals surface area contributed by atoms with Crippen molar-refractivity contribution in [1.29, 1.82) is 0 Å². The van der Waals surface area contributed by atoms with Gasteiger partial charge in [0, 0.05) is 32.2 Å². The molecule has 0 spiro atoms. The number of nitrogens with zero attached hydrogens (tertiary/aromatic N) is 3. The minimum atomic E-state index is -0.302. The minimum Gasteiger partial charge on any atom is -0.340 e. The van der Waals surface area contributed by atoms with E-state index in [0.717, 1.165) is 16.8 Å². The van der Waals surface area contributed by atoms with Crippen LogP contribution >= 0.6 is 0 Å². The molecule has 1 aromatic carbocycles. The molecule has 1 aliphatic rings. The second-order valence-electron chi connectivity index (χ2n) is 7.02. The molecule has 2 aromatic rings. The first-order valence-electron chi connectivity index (χ1n) is 9.24. The maximum absolute atomic E-state index is 12.6. The molecule has 1 N–H and O–H groups in total. The summed E-state index contributed by atoms with van der Waals surface area (Å²) in [5.41, 5.74) is 2.93. The van der Waals surface area contributed by atoms with Crippen LogP contribution in [0.2, 0.25) is 0 Å². The molecule has 1 aromatic heterocycles. The third-order valence-corrected chi connectivity index (χ3v) is 5.07. The highest BCUT2D eigenvalue weighted by molar-refractivity contribution is 5.93. The fourth-order valence-corrected chi connectivity index (χ4v) is 3.26. The molecule has 1 atom stereocenters. The van der Waals surface area contributed by atoms with Gasteiger partial charge in [-0.3, -0.25) is 19.8 Å². The predicted molar refractivity (Wildman–Crippen MR) is 102 cm³/mol. The van der Waals surface area contributed by atoms with E-state index >= 15 is 0 Å². The lowest BCUT2D eigenvalue weighted by Gasteiger charge is -2.37. The molecule has 0 aliphatic carbocycles. The molecule has 1 aliphatic heterocycles. The van der Waals surface area contributed by atoms with Gasteiger partial charge in [-0.05, 0) is 31.9 Å². The Hall–Kier alpha value is -2.67. The van der Waals surface area contributed by atoms with E-state index in [2.05, 4.69) is 15.4 Å². The number of hydrogen-bond acceptors (Lipinski definition) is 5. The van der Waals surface area contributed by atoms with E-state index in [1.807, 2.05) is 43.0 Å². The van der Waals surface area contributed by atoms with Crippen LogP contribution in [0, 0.1) is 13.8 Å². The maximum atomic E-state index is 12.6. The van der Waals surface area contributed by atoms with Crippen LogP contribution in [0.5, 0.6) is 0 Å². The van der Waals surface area contributed by atoms with Crippen LogP contribution in [-0.4, -0.2) is 59.0 Å². The second kappa shape index (κ2) is 8.35. The molecule has 3 rings (SSSR count). The Kier molecular flexibility index (Phi) is 5.91. The maximum Gasteiger partial charge on any atom is 0.243 e. The Labute approximate surface area is 159 Å². The van der Waals surface area contributed by atoms with Crippen LogP contribution < -0.4 is 5.32 Å². The topological polar surface area (TPSA) is 78.7 Å². The minimum absolute atomic E-state index is 0.133. The fourth-order valence-electron chi connectivity index (χ4n) is 3.26. The van der Waals surface area contributed by atoms with E-state index < -0.39 is 0 Å². The third-order valence-electron chi connectivity index (χ3n) is 5.07. The predicted octanol–water partition coefficient (Wildman–Crippen LogP) is 2.01. The van der Waals surface area contributed by atoms with Crippen LogP contribution in [0.1, 0.15) is 23.7 Å². The van der Waals surface area contributed by atoms with Gasteiger partial charge >= 0.3 is 0 Å². The van der Waals surface area contributed by atoms with E-state index in [1.54, 1.807) is 13.0 Å². The van der Waals surface area contributed by atoms with Gasteiger partial charge in [-0.1, -0.05) is 29.4 Å². The molecule has 1 saturated heterocycles. The zero-order valence-electron chi connectivity index (χ0n) is 16.1. The summed E-state index contributed by atoms with van der Waals surface area (Å²) in [6.45, 7) is 8.29. The number of aromatic nitrogens is 1. The first-order chi connectivity index (χ1) is 12.9. The van der Waals surface area contributed by atoms with Crippen molar-refractivity contribution >= 4 is 17.7 Å². The number of carbonyl (C=O) groups excluding carboxylic acids is 2. The van der Waals surface area contributed by atoms with Gasteiger partial charge in [0.25, 0.3) is 0 Å². The van der Waals surface area contributed by atoms with Crippen molar-refractivity contribution in [3.05, 3.63) is 47.2 Å². The number of benzene rings is 1. The Balaban J connectivity index is 1.49. The number of carbonyl (C=O) groups is 2. The molecular formula is C20H26N4O3. The Bertz CT molecular complexity index is 809. The first-order valence-corrected chi connectivity index (χ1v) is 9.24. The molecule has 27 heavy (non-hydrogen) atoms. The van der Waals surface area contributed by atoms with Crippen LogP contribution in [0.3, 0.4) is 0 Å². The van der Waals surface area contributed by atoms with Gasteiger partial charge in [-0.25, -0.2) is 0 Å². The van der Waals surface area contributed by atoms with Crippen molar-refractivity contribution in [1.82, 2.24) is 15.0 Å². The van der Waals surface area contributed by atoms with E-state index in [9.17, 15) is 9.59 Å². The first kappa shape index (κ1) is 19.1. The Morgan fingerprint density at radius 1 is 1.19 bits per heavy atom. The Morgan fingerprint density at radius 3 is 2.52 bits per heavy atom. The third kappa shape index (κ3) is 4.74. The highest BCUT2D eigenvalue weighted by Crippen LogP contribution is 2.14. The van der Waals surface area contributed by atoms with Gasteiger partial charge in [-0.2, -0.15) is 0 Å². The van der Waals surface area contributed by atoms with Gasteiger partial charge in [0.2, 0.25) is 17.7 Å². The normalized spacial score (nSPS) is 16.2. The molecule has 1 unspecified atom stereocenters. The average molecular weight is 370 g/mol. The van der Waals surface area contributed by atoms with E-state index in [4.69, 9.17) is 4.52 Å². The summed E-state index contributed by atoms with van der Waals surface area (Å²) in [6, 6.07) is 9.35. The number of rotatable bonds is 5. The van der Waals surface area contributed by atoms with Gasteiger partial charge in [0.1, 0.15) is 0 Å². The van der Waals surface area contributed by atoms with Crippen LogP contribution in [0.25, 0.3) is 0 Å². The lowest BCUT2D eigenvalue weighted by molar-refractivity contribution is -0.133. The van der Waals surface area contributed by atoms with Crippen LogP contribution in [0.15, 0.2) is 34.9 Å². The summed E-state index contributed by atoms with van der Waals surface area (Å²) < 4.78 is 5.03. The molecule has 0 bridgehead atoms. The SMILES string of the molecule is Cc1cc(NC(=O)C(C)N2CCN(C(=O)Cc3ccccc3C)CC2)on1.